The SMILES string of the molecule is CC.CC(C)(C)C(O)(CCc1ccc(Cl)cc1)Cn1cncn1. The molecule has 0 spiro atoms. The van der Waals surface area contributed by atoms with Crippen molar-refractivity contribution in [2.45, 2.75) is 59.6 Å². The van der Waals surface area contributed by atoms with Crippen LogP contribution in [0.2, 0.25) is 5.02 Å². The van der Waals surface area contributed by atoms with E-state index in [2.05, 4.69) is 10.1 Å². The molecule has 0 aliphatic heterocycles. The molecular formula is C18H28ClN3O. The summed E-state index contributed by atoms with van der Waals surface area (Å²) in [5, 5.41) is 16.0. The number of rotatable bonds is 5. The molecule has 2 rings (SSSR count). The standard InChI is InChI=1S/C16H22ClN3O.C2H6/c1-15(2,3)16(21,10-20-12-18-11-19-20)9-8-13-4-6-14(17)7-5-13;1-2/h4-7,11-12,21H,8-10H2,1-3H3;1-2H3. The number of aromatic nitrogens is 3. The maximum atomic E-state index is 11.1. The summed E-state index contributed by atoms with van der Waals surface area (Å²) in [6.45, 7) is 10.6. The van der Waals surface area contributed by atoms with Gasteiger partial charge in [0.15, 0.2) is 0 Å². The first-order chi connectivity index (χ1) is 10.8. The number of hydrogen-bond acceptors (Lipinski definition) is 3. The van der Waals surface area contributed by atoms with Crippen molar-refractivity contribution < 1.29 is 5.11 Å². The lowest BCUT2D eigenvalue weighted by molar-refractivity contribution is -0.0796. The van der Waals surface area contributed by atoms with Crippen LogP contribution >= 0.6 is 11.6 Å². The van der Waals surface area contributed by atoms with Gasteiger partial charge in [-0.05, 0) is 36.0 Å². The molecule has 5 heteroatoms. The number of benzene rings is 1. The van der Waals surface area contributed by atoms with Crippen molar-refractivity contribution in [3.05, 3.63) is 47.5 Å². The fourth-order valence-electron chi connectivity index (χ4n) is 2.28. The molecule has 0 aliphatic rings. The average Bonchev–Trinajstić information content (AvgIpc) is 3.00. The van der Waals surface area contributed by atoms with Gasteiger partial charge in [0.2, 0.25) is 0 Å². The highest BCUT2D eigenvalue weighted by Gasteiger charge is 2.40. The van der Waals surface area contributed by atoms with Gasteiger partial charge in [0.25, 0.3) is 0 Å². The van der Waals surface area contributed by atoms with Crippen molar-refractivity contribution in [1.29, 1.82) is 0 Å². The van der Waals surface area contributed by atoms with E-state index in [9.17, 15) is 5.11 Å². The van der Waals surface area contributed by atoms with Crippen LogP contribution in [0.5, 0.6) is 0 Å². The van der Waals surface area contributed by atoms with Crippen LogP contribution in [0.15, 0.2) is 36.9 Å². The van der Waals surface area contributed by atoms with Crippen LogP contribution in [0.4, 0.5) is 0 Å². The lowest BCUT2D eigenvalue weighted by Crippen LogP contribution is -2.47. The van der Waals surface area contributed by atoms with Crippen molar-refractivity contribution in [3.8, 4) is 0 Å². The molecule has 23 heavy (non-hydrogen) atoms. The zero-order valence-electron chi connectivity index (χ0n) is 14.8. The maximum Gasteiger partial charge on any atom is 0.137 e. The normalized spacial score (nSPS) is 13.9. The molecule has 1 heterocycles. The monoisotopic (exact) mass is 337 g/mol. The Hall–Kier alpha value is -1.39. The molecule has 0 amide bonds. The minimum Gasteiger partial charge on any atom is -0.387 e. The van der Waals surface area contributed by atoms with Crippen molar-refractivity contribution in [2.24, 2.45) is 5.41 Å². The molecule has 0 saturated heterocycles. The van der Waals surface area contributed by atoms with Crippen LogP contribution in [-0.4, -0.2) is 25.5 Å². The highest BCUT2D eigenvalue weighted by Crippen LogP contribution is 2.35. The second kappa shape index (κ2) is 8.46. The molecule has 4 nitrogen and oxygen atoms in total. The number of nitrogens with zero attached hydrogens (tertiary/aromatic N) is 3. The largest absolute Gasteiger partial charge is 0.387 e. The third-order valence-corrected chi connectivity index (χ3v) is 4.28. The fraction of sp³-hybridized carbons (Fsp3) is 0.556. The fourth-order valence-corrected chi connectivity index (χ4v) is 2.40. The zero-order valence-corrected chi connectivity index (χ0v) is 15.5. The number of aliphatic hydroxyl groups is 1. The Labute approximate surface area is 144 Å². The molecule has 128 valence electrons. The number of aryl methyl sites for hydroxylation is 1. The van der Waals surface area contributed by atoms with E-state index in [1.54, 1.807) is 11.0 Å². The third kappa shape index (κ3) is 5.63. The zero-order chi connectivity index (χ0) is 17.5. The number of halogens is 1. The quantitative estimate of drug-likeness (QED) is 0.881. The van der Waals surface area contributed by atoms with Gasteiger partial charge in [0.05, 0.1) is 12.1 Å². The minimum atomic E-state index is -0.861. The molecule has 1 atom stereocenters. The van der Waals surface area contributed by atoms with Crippen molar-refractivity contribution >= 4 is 11.6 Å². The van der Waals surface area contributed by atoms with Crippen LogP contribution in [0.3, 0.4) is 0 Å². The van der Waals surface area contributed by atoms with Crippen LogP contribution in [-0.2, 0) is 13.0 Å². The predicted octanol–water partition coefficient (Wildman–Crippen LogP) is 4.37. The van der Waals surface area contributed by atoms with E-state index in [1.165, 1.54) is 11.9 Å². The van der Waals surface area contributed by atoms with Gasteiger partial charge in [-0.25, -0.2) is 4.98 Å². The molecule has 0 bridgehead atoms. The first-order valence-electron chi connectivity index (χ1n) is 8.09. The highest BCUT2D eigenvalue weighted by atomic mass is 35.5. The second-order valence-electron chi connectivity index (χ2n) is 6.50. The van der Waals surface area contributed by atoms with Crippen molar-refractivity contribution in [3.63, 3.8) is 0 Å². The van der Waals surface area contributed by atoms with E-state index < -0.39 is 5.60 Å². The van der Waals surface area contributed by atoms with E-state index >= 15 is 0 Å². The first-order valence-corrected chi connectivity index (χ1v) is 8.47. The van der Waals surface area contributed by atoms with E-state index in [0.717, 1.165) is 11.4 Å². The van der Waals surface area contributed by atoms with Gasteiger partial charge >= 0.3 is 0 Å². The van der Waals surface area contributed by atoms with E-state index in [-0.39, 0.29) is 5.41 Å². The van der Waals surface area contributed by atoms with Crippen LogP contribution in [0.25, 0.3) is 0 Å². The molecule has 2 aromatic rings. The van der Waals surface area contributed by atoms with E-state index in [1.807, 2.05) is 58.9 Å². The molecule has 1 N–H and O–H groups in total. The highest BCUT2D eigenvalue weighted by molar-refractivity contribution is 6.30. The molecule has 1 unspecified atom stereocenters. The van der Waals surface area contributed by atoms with Crippen LogP contribution < -0.4 is 0 Å². The second-order valence-corrected chi connectivity index (χ2v) is 6.94. The molecule has 0 saturated carbocycles. The lowest BCUT2D eigenvalue weighted by Gasteiger charge is -2.40. The van der Waals surface area contributed by atoms with Gasteiger partial charge < -0.3 is 5.11 Å². The Kier molecular flexibility index (Phi) is 7.23. The van der Waals surface area contributed by atoms with Crippen molar-refractivity contribution in [2.75, 3.05) is 0 Å². The first kappa shape index (κ1) is 19.7. The van der Waals surface area contributed by atoms with Gasteiger partial charge in [0.1, 0.15) is 12.7 Å². The Morgan fingerprint density at radius 2 is 1.74 bits per heavy atom. The van der Waals surface area contributed by atoms with Crippen LogP contribution in [0.1, 0.15) is 46.6 Å². The summed E-state index contributed by atoms with van der Waals surface area (Å²) in [7, 11) is 0. The van der Waals surface area contributed by atoms with Crippen molar-refractivity contribution in [1.82, 2.24) is 14.8 Å². The summed E-state index contributed by atoms with van der Waals surface area (Å²) in [4.78, 5) is 3.94. The number of hydrogen-bond donors (Lipinski definition) is 1. The van der Waals surface area contributed by atoms with Gasteiger partial charge in [-0.2, -0.15) is 5.10 Å². The molecule has 1 aromatic carbocycles. The van der Waals surface area contributed by atoms with E-state index in [0.29, 0.717) is 13.0 Å². The molecule has 0 fully saturated rings. The van der Waals surface area contributed by atoms with E-state index in [4.69, 9.17) is 11.6 Å². The van der Waals surface area contributed by atoms with Crippen LogP contribution in [0, 0.1) is 5.41 Å². The Balaban J connectivity index is 0.00000127. The topological polar surface area (TPSA) is 50.9 Å². The predicted molar refractivity (Wildman–Crippen MR) is 95.5 cm³/mol. The Bertz CT molecular complexity index is 561. The minimum absolute atomic E-state index is 0.259. The summed E-state index contributed by atoms with van der Waals surface area (Å²) >= 11 is 5.90. The molecule has 1 aromatic heterocycles. The third-order valence-electron chi connectivity index (χ3n) is 4.03. The Morgan fingerprint density at radius 1 is 1.13 bits per heavy atom. The summed E-state index contributed by atoms with van der Waals surface area (Å²) in [5.41, 5.74) is 0.0479. The average molecular weight is 338 g/mol. The molecule has 0 aliphatic carbocycles. The van der Waals surface area contributed by atoms with Gasteiger partial charge in [0, 0.05) is 5.02 Å². The summed E-state index contributed by atoms with van der Waals surface area (Å²) < 4.78 is 1.69. The summed E-state index contributed by atoms with van der Waals surface area (Å²) in [6, 6.07) is 7.76. The molecular weight excluding hydrogens is 310 g/mol. The van der Waals surface area contributed by atoms with Gasteiger partial charge in [-0.3, -0.25) is 4.68 Å². The van der Waals surface area contributed by atoms with Gasteiger partial charge in [-0.1, -0.05) is 58.4 Å². The van der Waals surface area contributed by atoms with Gasteiger partial charge in [-0.15, -0.1) is 0 Å². The lowest BCUT2D eigenvalue weighted by atomic mass is 9.73. The smallest absolute Gasteiger partial charge is 0.137 e. The summed E-state index contributed by atoms with van der Waals surface area (Å²) in [5.74, 6) is 0. The maximum absolute atomic E-state index is 11.1. The molecule has 0 radical (unpaired) electrons. The summed E-state index contributed by atoms with van der Waals surface area (Å²) in [6.07, 6.45) is 4.57. The Morgan fingerprint density at radius 3 is 2.22 bits per heavy atom.